The standard InChI is InChI=1S/C24H25F3N4O3/c1-15(30-22(32)18-5-4-6-20(11-18)24(25,26)27)13-28-17(3)16(2)19-12-21(23(33)29-14-19)31-7-9-34-10-8-31/h4-6,11-14H,2,7-10H2,1,3H3,(H,29,33)(H,30,32)/b15-13+,28-17-. The molecule has 1 aliphatic rings. The van der Waals surface area contributed by atoms with Gasteiger partial charge in [0.2, 0.25) is 0 Å². The molecule has 0 radical (unpaired) electrons. The highest BCUT2D eigenvalue weighted by Gasteiger charge is 2.30. The van der Waals surface area contributed by atoms with Crippen molar-refractivity contribution in [3.8, 4) is 0 Å². The molecule has 1 amide bonds. The predicted molar refractivity (Wildman–Crippen MR) is 125 cm³/mol. The van der Waals surface area contributed by atoms with E-state index in [1.807, 2.05) is 4.90 Å². The lowest BCUT2D eigenvalue weighted by molar-refractivity contribution is -0.137. The average molecular weight is 474 g/mol. The second-order valence-electron chi connectivity index (χ2n) is 7.74. The molecule has 0 aliphatic carbocycles. The number of nitrogens with one attached hydrogen (secondary N) is 2. The number of aromatic amines is 1. The van der Waals surface area contributed by atoms with Crippen molar-refractivity contribution in [2.24, 2.45) is 4.99 Å². The number of alkyl halides is 3. The van der Waals surface area contributed by atoms with Gasteiger partial charge in [0.1, 0.15) is 5.69 Å². The Morgan fingerprint density at radius 3 is 2.59 bits per heavy atom. The monoisotopic (exact) mass is 474 g/mol. The molecule has 2 aromatic rings. The van der Waals surface area contributed by atoms with E-state index in [1.54, 1.807) is 26.1 Å². The highest BCUT2D eigenvalue weighted by Crippen LogP contribution is 2.29. The minimum absolute atomic E-state index is 0.114. The molecule has 1 saturated heterocycles. The van der Waals surface area contributed by atoms with E-state index in [9.17, 15) is 22.8 Å². The maximum Gasteiger partial charge on any atom is 0.416 e. The number of carbonyl (C=O) groups excluding carboxylic acids is 1. The van der Waals surface area contributed by atoms with Crippen LogP contribution < -0.4 is 15.8 Å². The van der Waals surface area contributed by atoms with Crippen LogP contribution in [0.3, 0.4) is 0 Å². The van der Waals surface area contributed by atoms with Crippen LogP contribution in [0.2, 0.25) is 0 Å². The number of allylic oxidation sites excluding steroid dienone is 2. The number of amides is 1. The zero-order chi connectivity index (χ0) is 24.9. The summed E-state index contributed by atoms with van der Waals surface area (Å²) in [4.78, 5) is 33.6. The fraction of sp³-hybridized carbons (Fsp3) is 0.292. The Hall–Kier alpha value is -3.66. The van der Waals surface area contributed by atoms with Crippen LogP contribution in [-0.2, 0) is 10.9 Å². The fourth-order valence-electron chi connectivity index (χ4n) is 3.29. The number of anilines is 1. The van der Waals surface area contributed by atoms with E-state index in [4.69, 9.17) is 4.74 Å². The number of pyridine rings is 1. The number of hydrogen-bond acceptors (Lipinski definition) is 5. The Morgan fingerprint density at radius 1 is 1.21 bits per heavy atom. The van der Waals surface area contributed by atoms with Crippen molar-refractivity contribution >= 4 is 22.9 Å². The maximum atomic E-state index is 12.9. The molecule has 7 nitrogen and oxygen atoms in total. The van der Waals surface area contributed by atoms with E-state index in [-0.39, 0.29) is 11.1 Å². The summed E-state index contributed by atoms with van der Waals surface area (Å²) in [6.45, 7) is 9.64. The number of aromatic nitrogens is 1. The quantitative estimate of drug-likeness (QED) is 0.620. The molecule has 10 heteroatoms. The van der Waals surface area contributed by atoms with Gasteiger partial charge in [0, 0.05) is 48.0 Å². The molecule has 0 bridgehead atoms. The van der Waals surface area contributed by atoms with Crippen molar-refractivity contribution in [2.75, 3.05) is 31.2 Å². The van der Waals surface area contributed by atoms with Gasteiger partial charge in [-0.1, -0.05) is 12.6 Å². The summed E-state index contributed by atoms with van der Waals surface area (Å²) in [6.07, 6.45) is -1.59. The molecule has 34 heavy (non-hydrogen) atoms. The molecule has 2 heterocycles. The van der Waals surface area contributed by atoms with Gasteiger partial charge in [0.15, 0.2) is 0 Å². The van der Waals surface area contributed by atoms with Gasteiger partial charge >= 0.3 is 6.18 Å². The first-order valence-electron chi connectivity index (χ1n) is 10.5. The third-order valence-electron chi connectivity index (χ3n) is 5.24. The molecule has 0 atom stereocenters. The van der Waals surface area contributed by atoms with E-state index >= 15 is 0 Å². The molecule has 1 aromatic heterocycles. The number of carbonyl (C=O) groups is 1. The molecule has 0 spiro atoms. The first-order chi connectivity index (χ1) is 16.1. The third kappa shape index (κ3) is 6.22. The van der Waals surface area contributed by atoms with Crippen LogP contribution in [0.25, 0.3) is 5.57 Å². The van der Waals surface area contributed by atoms with Crippen molar-refractivity contribution in [3.63, 3.8) is 0 Å². The number of benzene rings is 1. The zero-order valence-electron chi connectivity index (χ0n) is 18.8. The molecular weight excluding hydrogens is 449 g/mol. The molecule has 1 fully saturated rings. The molecule has 3 rings (SSSR count). The Kier molecular flexibility index (Phi) is 7.72. The van der Waals surface area contributed by atoms with Gasteiger partial charge in [-0.25, -0.2) is 0 Å². The van der Waals surface area contributed by atoms with Crippen LogP contribution >= 0.6 is 0 Å². The van der Waals surface area contributed by atoms with Gasteiger partial charge in [-0.2, -0.15) is 13.2 Å². The highest BCUT2D eigenvalue weighted by molar-refractivity contribution is 6.22. The molecular formula is C24H25F3N4O3. The third-order valence-corrected chi connectivity index (χ3v) is 5.24. The number of hydrogen-bond donors (Lipinski definition) is 2. The Labute approximate surface area is 194 Å². The maximum absolute atomic E-state index is 12.9. The Balaban J connectivity index is 1.71. The van der Waals surface area contributed by atoms with Crippen molar-refractivity contribution in [2.45, 2.75) is 20.0 Å². The highest BCUT2D eigenvalue weighted by atomic mass is 19.4. The fourth-order valence-corrected chi connectivity index (χ4v) is 3.29. The van der Waals surface area contributed by atoms with Crippen molar-refractivity contribution in [1.82, 2.24) is 10.3 Å². The minimum Gasteiger partial charge on any atom is -0.378 e. The minimum atomic E-state index is -4.54. The molecule has 1 aliphatic heterocycles. The number of halogens is 3. The number of ether oxygens (including phenoxy) is 1. The normalized spacial score (nSPS) is 15.3. The van der Waals surface area contributed by atoms with Crippen molar-refractivity contribution in [3.05, 3.63) is 82.0 Å². The average Bonchev–Trinajstić information content (AvgIpc) is 2.82. The number of H-pyrrole nitrogens is 1. The van der Waals surface area contributed by atoms with Crippen LogP contribution in [0, 0.1) is 0 Å². The van der Waals surface area contributed by atoms with E-state index < -0.39 is 17.6 Å². The lowest BCUT2D eigenvalue weighted by Crippen LogP contribution is -2.39. The predicted octanol–water partition coefficient (Wildman–Crippen LogP) is 4.00. The van der Waals surface area contributed by atoms with Gasteiger partial charge in [-0.15, -0.1) is 0 Å². The van der Waals surface area contributed by atoms with Gasteiger partial charge in [-0.3, -0.25) is 14.6 Å². The van der Waals surface area contributed by atoms with Crippen molar-refractivity contribution < 1.29 is 22.7 Å². The Morgan fingerprint density at radius 2 is 1.91 bits per heavy atom. The van der Waals surface area contributed by atoms with Crippen molar-refractivity contribution in [1.29, 1.82) is 0 Å². The van der Waals surface area contributed by atoms with Crippen LogP contribution in [-0.4, -0.2) is 42.9 Å². The number of morpholine rings is 1. The van der Waals surface area contributed by atoms with Gasteiger partial charge in [0.05, 0.1) is 18.8 Å². The van der Waals surface area contributed by atoms with Crippen LogP contribution in [0.15, 0.2) is 64.8 Å². The number of aliphatic imine (C=N–C) groups is 1. The van der Waals surface area contributed by atoms with Crippen LogP contribution in [0.1, 0.15) is 35.3 Å². The second-order valence-corrected chi connectivity index (χ2v) is 7.74. The number of nitrogens with zero attached hydrogens (tertiary/aromatic N) is 2. The van der Waals surface area contributed by atoms with E-state index in [0.717, 1.165) is 12.1 Å². The molecule has 2 N–H and O–H groups in total. The van der Waals surface area contributed by atoms with Crippen LogP contribution in [0.4, 0.5) is 18.9 Å². The molecule has 180 valence electrons. The van der Waals surface area contributed by atoms with E-state index in [0.29, 0.717) is 54.5 Å². The summed E-state index contributed by atoms with van der Waals surface area (Å²) >= 11 is 0. The van der Waals surface area contributed by atoms with Crippen LogP contribution in [0.5, 0.6) is 0 Å². The summed E-state index contributed by atoms with van der Waals surface area (Å²) < 4.78 is 44.0. The Bertz CT molecular complexity index is 1190. The largest absolute Gasteiger partial charge is 0.416 e. The second kappa shape index (κ2) is 10.5. The summed E-state index contributed by atoms with van der Waals surface area (Å²) in [5.41, 5.74) is 1.43. The summed E-state index contributed by atoms with van der Waals surface area (Å²) in [7, 11) is 0. The smallest absolute Gasteiger partial charge is 0.378 e. The zero-order valence-corrected chi connectivity index (χ0v) is 18.8. The summed E-state index contributed by atoms with van der Waals surface area (Å²) in [6, 6.07) is 5.92. The molecule has 1 aromatic carbocycles. The summed E-state index contributed by atoms with van der Waals surface area (Å²) in [5.74, 6) is -0.678. The lowest BCUT2D eigenvalue weighted by Gasteiger charge is -2.28. The van der Waals surface area contributed by atoms with Gasteiger partial charge < -0.3 is 19.9 Å². The van der Waals surface area contributed by atoms with Gasteiger partial charge in [-0.05, 0) is 43.7 Å². The van der Waals surface area contributed by atoms with Gasteiger partial charge in [0.25, 0.3) is 11.5 Å². The lowest BCUT2D eigenvalue weighted by atomic mass is 10.1. The number of rotatable bonds is 6. The summed E-state index contributed by atoms with van der Waals surface area (Å²) in [5, 5.41) is 2.52. The topological polar surface area (TPSA) is 86.8 Å². The SMILES string of the molecule is C=C(/C(C)=N\C=C(/C)NC(=O)c1cccc(C(F)(F)F)c1)c1c[nH]c(=O)c(N2CCOCC2)c1. The van der Waals surface area contributed by atoms with E-state index in [2.05, 4.69) is 21.9 Å². The molecule has 0 unspecified atom stereocenters. The first kappa shape index (κ1) is 25.0. The first-order valence-corrected chi connectivity index (χ1v) is 10.5. The van der Waals surface area contributed by atoms with E-state index in [1.165, 1.54) is 18.3 Å². The molecule has 0 saturated carbocycles.